The third-order valence-corrected chi connectivity index (χ3v) is 2.66. The summed E-state index contributed by atoms with van der Waals surface area (Å²) in [6, 6.07) is 0.154. The first-order valence-electron chi connectivity index (χ1n) is 5.76. The molecule has 0 bridgehead atoms. The molecule has 0 aliphatic heterocycles. The summed E-state index contributed by atoms with van der Waals surface area (Å²) in [4.78, 5) is 4.46. The van der Waals surface area contributed by atoms with Crippen molar-refractivity contribution >= 4 is 0 Å². The Kier molecular flexibility index (Phi) is 4.27. The summed E-state index contributed by atoms with van der Waals surface area (Å²) in [5, 5.41) is 4.45. The van der Waals surface area contributed by atoms with Crippen molar-refractivity contribution < 1.29 is 0 Å². The van der Waals surface area contributed by atoms with Gasteiger partial charge in [-0.05, 0) is 5.92 Å². The van der Waals surface area contributed by atoms with Crippen LogP contribution in [0.4, 0.5) is 0 Å². The Labute approximate surface area is 91.9 Å². The molecule has 0 aromatic carbocycles. The number of aryl methyl sites for hydroxylation is 2. The van der Waals surface area contributed by atoms with Crippen LogP contribution in [-0.4, -0.2) is 20.8 Å². The highest BCUT2D eigenvalue weighted by Gasteiger charge is 2.13. The highest BCUT2D eigenvalue weighted by molar-refractivity contribution is 4.93. The van der Waals surface area contributed by atoms with E-state index in [9.17, 15) is 0 Å². The van der Waals surface area contributed by atoms with E-state index in [2.05, 4.69) is 37.8 Å². The molecule has 0 saturated carbocycles. The standard InChI is InChI=1S/C11H22N4/c1-5-10-13-11(6-2)15(14-10)7-9(12)8(3)4/h8-9H,5-7,12H2,1-4H3. The molecule has 0 spiro atoms. The predicted octanol–water partition coefficient (Wildman–Crippen LogP) is 1.39. The number of aromatic nitrogens is 3. The predicted molar refractivity (Wildman–Crippen MR) is 61.6 cm³/mol. The Hall–Kier alpha value is -0.900. The fourth-order valence-electron chi connectivity index (χ4n) is 1.39. The monoisotopic (exact) mass is 210 g/mol. The SMILES string of the molecule is CCc1nc(CC)n(CC(N)C(C)C)n1. The van der Waals surface area contributed by atoms with Gasteiger partial charge in [-0.1, -0.05) is 27.7 Å². The largest absolute Gasteiger partial charge is 0.326 e. The van der Waals surface area contributed by atoms with Gasteiger partial charge in [0.1, 0.15) is 5.82 Å². The second-order valence-corrected chi connectivity index (χ2v) is 4.24. The number of nitrogens with zero attached hydrogens (tertiary/aromatic N) is 3. The van der Waals surface area contributed by atoms with Gasteiger partial charge in [0.25, 0.3) is 0 Å². The maximum absolute atomic E-state index is 6.03. The Bertz CT molecular complexity index is 304. The quantitative estimate of drug-likeness (QED) is 0.799. The minimum absolute atomic E-state index is 0.154. The lowest BCUT2D eigenvalue weighted by Crippen LogP contribution is -2.32. The molecule has 0 fully saturated rings. The van der Waals surface area contributed by atoms with Crippen LogP contribution in [0.15, 0.2) is 0 Å². The van der Waals surface area contributed by atoms with Crippen LogP contribution in [0.2, 0.25) is 0 Å². The van der Waals surface area contributed by atoms with Gasteiger partial charge in [0.05, 0.1) is 6.54 Å². The van der Waals surface area contributed by atoms with Gasteiger partial charge in [-0.2, -0.15) is 5.10 Å². The van der Waals surface area contributed by atoms with E-state index in [0.717, 1.165) is 31.0 Å². The molecule has 0 radical (unpaired) electrons. The van der Waals surface area contributed by atoms with Crippen molar-refractivity contribution in [1.82, 2.24) is 14.8 Å². The van der Waals surface area contributed by atoms with Crippen LogP contribution in [-0.2, 0) is 19.4 Å². The van der Waals surface area contributed by atoms with Crippen molar-refractivity contribution in [3.8, 4) is 0 Å². The molecular weight excluding hydrogens is 188 g/mol. The van der Waals surface area contributed by atoms with Crippen molar-refractivity contribution in [1.29, 1.82) is 0 Å². The topological polar surface area (TPSA) is 56.7 Å². The molecule has 0 aliphatic carbocycles. The summed E-state index contributed by atoms with van der Waals surface area (Å²) < 4.78 is 1.96. The maximum atomic E-state index is 6.03. The fourth-order valence-corrected chi connectivity index (χ4v) is 1.39. The van der Waals surface area contributed by atoms with Crippen molar-refractivity contribution in [2.24, 2.45) is 11.7 Å². The molecule has 1 heterocycles. The van der Waals surface area contributed by atoms with E-state index in [1.807, 2.05) is 4.68 Å². The van der Waals surface area contributed by atoms with Crippen molar-refractivity contribution in [3.05, 3.63) is 11.6 Å². The Morgan fingerprint density at radius 2 is 1.93 bits per heavy atom. The van der Waals surface area contributed by atoms with Gasteiger partial charge in [0, 0.05) is 18.9 Å². The number of nitrogens with two attached hydrogens (primary N) is 1. The van der Waals surface area contributed by atoms with E-state index in [4.69, 9.17) is 5.73 Å². The van der Waals surface area contributed by atoms with Crippen LogP contribution in [0.3, 0.4) is 0 Å². The van der Waals surface area contributed by atoms with Crippen LogP contribution in [0, 0.1) is 5.92 Å². The van der Waals surface area contributed by atoms with Crippen molar-refractivity contribution in [3.63, 3.8) is 0 Å². The average Bonchev–Trinajstić information content (AvgIpc) is 2.60. The minimum Gasteiger partial charge on any atom is -0.326 e. The zero-order valence-electron chi connectivity index (χ0n) is 10.2. The maximum Gasteiger partial charge on any atom is 0.150 e. The molecule has 1 aromatic rings. The Balaban J connectivity index is 2.78. The average molecular weight is 210 g/mol. The third-order valence-electron chi connectivity index (χ3n) is 2.66. The zero-order valence-corrected chi connectivity index (χ0v) is 10.2. The molecule has 0 aliphatic rings. The highest BCUT2D eigenvalue weighted by Crippen LogP contribution is 2.05. The highest BCUT2D eigenvalue weighted by atomic mass is 15.3. The molecular formula is C11H22N4. The lowest BCUT2D eigenvalue weighted by molar-refractivity contribution is 0.404. The number of hydrogen-bond acceptors (Lipinski definition) is 3. The lowest BCUT2D eigenvalue weighted by atomic mass is 10.1. The van der Waals surface area contributed by atoms with Crippen LogP contribution in [0.25, 0.3) is 0 Å². The summed E-state index contributed by atoms with van der Waals surface area (Å²) in [6.07, 6.45) is 1.80. The van der Waals surface area contributed by atoms with Gasteiger partial charge in [-0.25, -0.2) is 9.67 Å². The molecule has 0 saturated heterocycles. The van der Waals surface area contributed by atoms with Gasteiger partial charge in [0.15, 0.2) is 5.82 Å². The Morgan fingerprint density at radius 1 is 1.27 bits per heavy atom. The van der Waals surface area contributed by atoms with E-state index >= 15 is 0 Å². The van der Waals surface area contributed by atoms with Crippen LogP contribution >= 0.6 is 0 Å². The van der Waals surface area contributed by atoms with Crippen molar-refractivity contribution in [2.45, 2.75) is 53.1 Å². The zero-order chi connectivity index (χ0) is 11.4. The van der Waals surface area contributed by atoms with Gasteiger partial charge >= 0.3 is 0 Å². The molecule has 1 aromatic heterocycles. The number of rotatable bonds is 5. The number of hydrogen-bond donors (Lipinski definition) is 1. The van der Waals surface area contributed by atoms with Gasteiger partial charge in [0.2, 0.25) is 0 Å². The van der Waals surface area contributed by atoms with E-state index in [1.165, 1.54) is 0 Å². The first-order valence-corrected chi connectivity index (χ1v) is 5.76. The summed E-state index contributed by atoms with van der Waals surface area (Å²) in [5.41, 5.74) is 6.03. The fraction of sp³-hybridized carbons (Fsp3) is 0.818. The molecule has 0 amide bonds. The Morgan fingerprint density at radius 3 is 2.40 bits per heavy atom. The summed E-state index contributed by atoms with van der Waals surface area (Å²) in [5.74, 6) is 2.44. The van der Waals surface area contributed by atoms with Crippen LogP contribution in [0.1, 0.15) is 39.3 Å². The second kappa shape index (κ2) is 5.26. The van der Waals surface area contributed by atoms with Gasteiger partial charge in [-0.3, -0.25) is 0 Å². The first-order chi connectivity index (χ1) is 7.08. The molecule has 2 N–H and O–H groups in total. The molecule has 15 heavy (non-hydrogen) atoms. The molecule has 4 heteroatoms. The van der Waals surface area contributed by atoms with E-state index in [-0.39, 0.29) is 6.04 Å². The molecule has 4 nitrogen and oxygen atoms in total. The van der Waals surface area contributed by atoms with Crippen molar-refractivity contribution in [2.75, 3.05) is 0 Å². The molecule has 86 valence electrons. The summed E-state index contributed by atoms with van der Waals surface area (Å²) in [7, 11) is 0. The third kappa shape index (κ3) is 3.02. The van der Waals surface area contributed by atoms with E-state index in [0.29, 0.717) is 5.92 Å². The molecule has 1 unspecified atom stereocenters. The van der Waals surface area contributed by atoms with Crippen LogP contribution < -0.4 is 5.73 Å². The molecule has 1 atom stereocenters. The second-order valence-electron chi connectivity index (χ2n) is 4.24. The molecule has 1 rings (SSSR count). The summed E-state index contributed by atoms with van der Waals surface area (Å²) in [6.45, 7) is 9.21. The van der Waals surface area contributed by atoms with Crippen LogP contribution in [0.5, 0.6) is 0 Å². The van der Waals surface area contributed by atoms with E-state index < -0.39 is 0 Å². The first kappa shape index (κ1) is 12.2. The normalized spacial score (nSPS) is 13.5. The lowest BCUT2D eigenvalue weighted by Gasteiger charge is -2.16. The van der Waals surface area contributed by atoms with E-state index in [1.54, 1.807) is 0 Å². The van der Waals surface area contributed by atoms with Gasteiger partial charge in [-0.15, -0.1) is 0 Å². The van der Waals surface area contributed by atoms with Gasteiger partial charge < -0.3 is 5.73 Å². The summed E-state index contributed by atoms with van der Waals surface area (Å²) >= 11 is 0. The smallest absolute Gasteiger partial charge is 0.150 e. The minimum atomic E-state index is 0.154.